The van der Waals surface area contributed by atoms with E-state index in [1.54, 1.807) is 0 Å². The quantitative estimate of drug-likeness (QED) is 0.456. The first-order chi connectivity index (χ1) is 6.68. The molecular weight excluding hydrogens is 198 g/mol. The zero-order valence-electron chi connectivity index (χ0n) is 8.71. The number of hydrogen-bond acceptors (Lipinski definition) is 3. The summed E-state index contributed by atoms with van der Waals surface area (Å²) in [6, 6.07) is 0. The van der Waals surface area contributed by atoms with Crippen molar-refractivity contribution in [1.29, 1.82) is 0 Å². The molecule has 0 saturated heterocycles. The van der Waals surface area contributed by atoms with E-state index in [1.807, 2.05) is 11.8 Å². The van der Waals surface area contributed by atoms with Crippen LogP contribution in [0.2, 0.25) is 0 Å². The predicted molar refractivity (Wildman–Crippen MR) is 61.9 cm³/mol. The number of carboxylic acid groups (broad SMARTS) is 1. The highest BCUT2D eigenvalue weighted by molar-refractivity contribution is 7.98. The third-order valence-corrected chi connectivity index (χ3v) is 2.54. The van der Waals surface area contributed by atoms with Crippen molar-refractivity contribution < 1.29 is 9.90 Å². The van der Waals surface area contributed by atoms with Crippen LogP contribution in [-0.2, 0) is 4.79 Å². The van der Waals surface area contributed by atoms with Gasteiger partial charge in [-0.15, -0.1) is 0 Å². The van der Waals surface area contributed by atoms with Gasteiger partial charge >= 0.3 is 5.97 Å². The smallest absolute Gasteiger partial charge is 0.332 e. The summed E-state index contributed by atoms with van der Waals surface area (Å²) in [5, 5.41) is 11.6. The van der Waals surface area contributed by atoms with E-state index in [-0.39, 0.29) is 5.57 Å². The van der Waals surface area contributed by atoms with Gasteiger partial charge in [-0.25, -0.2) is 4.79 Å². The van der Waals surface area contributed by atoms with E-state index < -0.39 is 5.97 Å². The summed E-state index contributed by atoms with van der Waals surface area (Å²) in [4.78, 5) is 10.4. The largest absolute Gasteiger partial charge is 0.478 e. The van der Waals surface area contributed by atoms with Gasteiger partial charge in [0.15, 0.2) is 0 Å². The van der Waals surface area contributed by atoms with Crippen LogP contribution in [0.4, 0.5) is 0 Å². The Labute approximate surface area is 90.0 Å². The molecule has 0 bridgehead atoms. The second kappa shape index (κ2) is 9.09. The maximum atomic E-state index is 10.4. The van der Waals surface area contributed by atoms with Crippen LogP contribution in [0, 0.1) is 0 Å². The molecule has 0 aromatic heterocycles. The lowest BCUT2D eigenvalue weighted by atomic mass is 10.2. The molecule has 0 fully saturated rings. The highest BCUT2D eigenvalue weighted by Gasteiger charge is 2.01. The minimum atomic E-state index is -0.917. The van der Waals surface area contributed by atoms with Crippen LogP contribution in [0.1, 0.15) is 19.3 Å². The maximum absolute atomic E-state index is 10.4. The van der Waals surface area contributed by atoms with Crippen LogP contribution in [0.15, 0.2) is 12.2 Å². The van der Waals surface area contributed by atoms with Crippen LogP contribution in [0.25, 0.3) is 0 Å². The molecule has 2 N–H and O–H groups in total. The van der Waals surface area contributed by atoms with Crippen LogP contribution >= 0.6 is 11.8 Å². The molecule has 3 nitrogen and oxygen atoms in total. The van der Waals surface area contributed by atoms with Crippen molar-refractivity contribution in [3.63, 3.8) is 0 Å². The monoisotopic (exact) mass is 217 g/mol. The highest BCUT2D eigenvalue weighted by Crippen LogP contribution is 2.01. The molecule has 0 heterocycles. The van der Waals surface area contributed by atoms with E-state index in [0.29, 0.717) is 6.54 Å². The van der Waals surface area contributed by atoms with Crippen LogP contribution in [0.3, 0.4) is 0 Å². The molecule has 0 amide bonds. The molecule has 0 aromatic carbocycles. The van der Waals surface area contributed by atoms with Gasteiger partial charge in [0.25, 0.3) is 0 Å². The van der Waals surface area contributed by atoms with Gasteiger partial charge in [0.05, 0.1) is 0 Å². The van der Waals surface area contributed by atoms with E-state index in [0.717, 1.165) is 13.0 Å². The fourth-order valence-electron chi connectivity index (χ4n) is 0.988. The summed E-state index contributed by atoms with van der Waals surface area (Å²) in [6.45, 7) is 4.70. The van der Waals surface area contributed by atoms with Crippen molar-refractivity contribution >= 4 is 17.7 Å². The topological polar surface area (TPSA) is 49.3 Å². The van der Waals surface area contributed by atoms with E-state index in [2.05, 4.69) is 18.2 Å². The van der Waals surface area contributed by atoms with Crippen molar-refractivity contribution in [2.45, 2.75) is 19.3 Å². The summed E-state index contributed by atoms with van der Waals surface area (Å²) >= 11 is 1.86. The Bertz CT molecular complexity index is 183. The second-order valence-corrected chi connectivity index (χ2v) is 4.12. The number of aliphatic carboxylic acids is 1. The Morgan fingerprint density at radius 3 is 2.71 bits per heavy atom. The minimum absolute atomic E-state index is 0.231. The van der Waals surface area contributed by atoms with E-state index >= 15 is 0 Å². The van der Waals surface area contributed by atoms with Gasteiger partial charge in [0.2, 0.25) is 0 Å². The van der Waals surface area contributed by atoms with Crippen molar-refractivity contribution in [3.8, 4) is 0 Å². The van der Waals surface area contributed by atoms with Gasteiger partial charge < -0.3 is 10.4 Å². The standard InChI is InChI=1S/C10H19NO2S/c1-9(10(12)13)8-11-6-4-3-5-7-14-2/h11H,1,3-8H2,2H3,(H,12,13). The Balaban J connectivity index is 3.13. The zero-order valence-corrected chi connectivity index (χ0v) is 9.53. The van der Waals surface area contributed by atoms with Crippen LogP contribution in [-0.4, -0.2) is 36.2 Å². The van der Waals surface area contributed by atoms with E-state index in [9.17, 15) is 4.79 Å². The summed E-state index contributed by atoms with van der Waals surface area (Å²) in [5.41, 5.74) is 0.231. The molecule has 14 heavy (non-hydrogen) atoms. The number of hydrogen-bond donors (Lipinski definition) is 2. The van der Waals surface area contributed by atoms with Gasteiger partial charge in [0.1, 0.15) is 0 Å². The third kappa shape index (κ3) is 8.13. The number of thioether (sulfide) groups is 1. The number of rotatable bonds is 9. The lowest BCUT2D eigenvalue weighted by Gasteiger charge is -2.03. The molecule has 0 rings (SSSR count). The molecule has 0 atom stereocenters. The number of unbranched alkanes of at least 4 members (excludes halogenated alkanes) is 2. The Hall–Kier alpha value is -0.480. The van der Waals surface area contributed by atoms with Crippen molar-refractivity contribution in [2.75, 3.05) is 25.1 Å². The summed E-state index contributed by atoms with van der Waals surface area (Å²) in [7, 11) is 0. The lowest BCUT2D eigenvalue weighted by molar-refractivity contribution is -0.132. The molecule has 0 aliphatic carbocycles. The summed E-state index contributed by atoms with van der Waals surface area (Å²) in [5.74, 6) is 0.293. The molecule has 0 aliphatic rings. The average Bonchev–Trinajstić information content (AvgIpc) is 2.16. The molecule has 0 aromatic rings. The Kier molecular flexibility index (Phi) is 8.78. The molecule has 0 aliphatic heterocycles. The molecule has 0 radical (unpaired) electrons. The summed E-state index contributed by atoms with van der Waals surface area (Å²) in [6.07, 6.45) is 5.65. The molecule has 0 spiro atoms. The lowest BCUT2D eigenvalue weighted by Crippen LogP contribution is -2.21. The molecule has 82 valence electrons. The summed E-state index contributed by atoms with van der Waals surface area (Å²) < 4.78 is 0. The van der Waals surface area contributed by atoms with Crippen LogP contribution in [0.5, 0.6) is 0 Å². The second-order valence-electron chi connectivity index (χ2n) is 3.14. The highest BCUT2D eigenvalue weighted by atomic mass is 32.2. The predicted octanol–water partition coefficient (Wildman–Crippen LogP) is 1.75. The number of carbonyl (C=O) groups is 1. The Morgan fingerprint density at radius 1 is 1.43 bits per heavy atom. The minimum Gasteiger partial charge on any atom is -0.478 e. The zero-order chi connectivity index (χ0) is 10.8. The van der Waals surface area contributed by atoms with Gasteiger partial charge in [0, 0.05) is 12.1 Å². The molecular formula is C10H19NO2S. The normalized spacial score (nSPS) is 10.1. The van der Waals surface area contributed by atoms with Crippen molar-refractivity contribution in [1.82, 2.24) is 5.32 Å². The first kappa shape index (κ1) is 13.5. The molecule has 0 saturated carbocycles. The van der Waals surface area contributed by atoms with Gasteiger partial charge in [-0.1, -0.05) is 13.0 Å². The number of nitrogens with one attached hydrogen (secondary N) is 1. The van der Waals surface area contributed by atoms with E-state index in [4.69, 9.17) is 5.11 Å². The first-order valence-corrected chi connectivity index (χ1v) is 6.18. The molecule has 0 unspecified atom stereocenters. The van der Waals surface area contributed by atoms with E-state index in [1.165, 1.54) is 18.6 Å². The Morgan fingerprint density at radius 2 is 2.14 bits per heavy atom. The third-order valence-electron chi connectivity index (χ3n) is 1.84. The van der Waals surface area contributed by atoms with Crippen LogP contribution < -0.4 is 5.32 Å². The maximum Gasteiger partial charge on any atom is 0.332 e. The number of carboxylic acids is 1. The fraction of sp³-hybridized carbons (Fsp3) is 0.700. The van der Waals surface area contributed by atoms with Crippen molar-refractivity contribution in [2.24, 2.45) is 0 Å². The fourth-order valence-corrected chi connectivity index (χ4v) is 1.48. The van der Waals surface area contributed by atoms with Gasteiger partial charge in [-0.05, 0) is 31.4 Å². The first-order valence-electron chi connectivity index (χ1n) is 4.79. The average molecular weight is 217 g/mol. The molecule has 4 heteroatoms. The van der Waals surface area contributed by atoms with Crippen molar-refractivity contribution in [3.05, 3.63) is 12.2 Å². The SMILES string of the molecule is C=C(CNCCCCCSC)C(=O)O. The van der Waals surface area contributed by atoms with Gasteiger partial charge in [-0.3, -0.25) is 0 Å². The van der Waals surface area contributed by atoms with Gasteiger partial charge in [-0.2, -0.15) is 11.8 Å².